The molecule has 63 heavy (non-hydrogen) atoms. The van der Waals surface area contributed by atoms with Crippen LogP contribution in [0.3, 0.4) is 0 Å². The normalized spacial score (nSPS) is 14.4. The number of furan rings is 1. The summed E-state index contributed by atoms with van der Waals surface area (Å²) >= 11 is 0. The first-order chi connectivity index (χ1) is 31.1. The van der Waals surface area contributed by atoms with E-state index in [-0.39, 0.29) is 6.17 Å². The molecule has 5 heteroatoms. The predicted octanol–water partition coefficient (Wildman–Crippen LogP) is 14.6. The van der Waals surface area contributed by atoms with E-state index < -0.39 is 0 Å². The van der Waals surface area contributed by atoms with E-state index in [2.05, 4.69) is 217 Å². The number of nitrogens with zero attached hydrogens (tertiary/aromatic N) is 4. The Morgan fingerprint density at radius 2 is 1.13 bits per heavy atom. The Morgan fingerprint density at radius 1 is 0.444 bits per heavy atom. The van der Waals surface area contributed by atoms with Crippen LogP contribution in [0.4, 0.5) is 0 Å². The van der Waals surface area contributed by atoms with Crippen molar-refractivity contribution < 1.29 is 4.42 Å². The van der Waals surface area contributed by atoms with Gasteiger partial charge in [-0.3, -0.25) is 0 Å². The van der Waals surface area contributed by atoms with Crippen LogP contribution in [0, 0.1) is 0 Å². The van der Waals surface area contributed by atoms with Gasteiger partial charge < -0.3 is 13.9 Å². The van der Waals surface area contributed by atoms with Crippen LogP contribution in [0.2, 0.25) is 0 Å². The fourth-order valence-electron chi connectivity index (χ4n) is 10.0. The van der Waals surface area contributed by atoms with Crippen LogP contribution in [0.25, 0.3) is 92.9 Å². The molecule has 5 nitrogen and oxygen atoms in total. The number of benzene rings is 10. The average Bonchev–Trinajstić information content (AvgIpc) is 3.89. The SMILES string of the molecule is CN1C(c2ccccc2-c2ccccc2)=NC(c2ccc3oc4ccc5cc(-n6c7cc8ccccc8cc7c7c8ccccc8ccc76)ccc5c4c3c2)=NC1c1ccccc1. The van der Waals surface area contributed by atoms with Crippen molar-refractivity contribution in [2.24, 2.45) is 9.98 Å². The lowest BCUT2D eigenvalue weighted by molar-refractivity contribution is 0.383. The van der Waals surface area contributed by atoms with Crippen molar-refractivity contribution in [2.75, 3.05) is 7.05 Å². The first-order valence-corrected chi connectivity index (χ1v) is 21.5. The number of hydrogen-bond acceptors (Lipinski definition) is 4. The smallest absolute Gasteiger partial charge is 0.159 e. The highest BCUT2D eigenvalue weighted by Gasteiger charge is 2.28. The molecule has 296 valence electrons. The number of aromatic nitrogens is 1. The molecular formula is C58H38N4O. The number of fused-ring (bicyclic) bond motifs is 11. The lowest BCUT2D eigenvalue weighted by Crippen LogP contribution is -2.36. The Balaban J connectivity index is 0.988. The predicted molar refractivity (Wildman–Crippen MR) is 262 cm³/mol. The zero-order chi connectivity index (χ0) is 41.6. The Bertz CT molecular complexity index is 3880. The lowest BCUT2D eigenvalue weighted by Gasteiger charge is -2.33. The largest absolute Gasteiger partial charge is 0.456 e. The van der Waals surface area contributed by atoms with E-state index in [9.17, 15) is 0 Å². The van der Waals surface area contributed by atoms with Gasteiger partial charge in [0.05, 0.1) is 11.0 Å². The monoisotopic (exact) mass is 806 g/mol. The Morgan fingerprint density at radius 3 is 1.97 bits per heavy atom. The fourth-order valence-corrected chi connectivity index (χ4v) is 10.0. The van der Waals surface area contributed by atoms with Gasteiger partial charge in [0.1, 0.15) is 23.2 Å². The summed E-state index contributed by atoms with van der Waals surface area (Å²) in [4.78, 5) is 12.9. The van der Waals surface area contributed by atoms with Crippen LogP contribution in [-0.4, -0.2) is 28.2 Å². The second-order valence-electron chi connectivity index (χ2n) is 16.6. The minimum Gasteiger partial charge on any atom is -0.456 e. The van der Waals surface area contributed by atoms with E-state index in [1.807, 2.05) is 6.07 Å². The molecule has 3 heterocycles. The van der Waals surface area contributed by atoms with E-state index in [0.29, 0.717) is 5.84 Å². The number of rotatable bonds is 5. The van der Waals surface area contributed by atoms with Crippen LogP contribution in [0.15, 0.2) is 221 Å². The van der Waals surface area contributed by atoms with Crippen molar-refractivity contribution in [3.05, 3.63) is 223 Å². The van der Waals surface area contributed by atoms with Crippen LogP contribution in [-0.2, 0) is 0 Å². The maximum atomic E-state index is 6.58. The van der Waals surface area contributed by atoms with Crippen molar-refractivity contribution in [1.29, 1.82) is 0 Å². The molecule has 10 aromatic carbocycles. The summed E-state index contributed by atoms with van der Waals surface area (Å²) in [6.07, 6.45) is -0.273. The zero-order valence-electron chi connectivity index (χ0n) is 34.4. The van der Waals surface area contributed by atoms with Gasteiger partial charge in [0.2, 0.25) is 0 Å². The van der Waals surface area contributed by atoms with E-state index >= 15 is 0 Å². The molecule has 0 N–H and O–H groups in total. The molecule has 0 aliphatic carbocycles. The van der Waals surface area contributed by atoms with Crippen LogP contribution >= 0.6 is 0 Å². The molecular weight excluding hydrogens is 769 g/mol. The highest BCUT2D eigenvalue weighted by atomic mass is 16.3. The van der Waals surface area contributed by atoms with Gasteiger partial charge in [-0.2, -0.15) is 0 Å². The number of hydrogen-bond donors (Lipinski definition) is 0. The van der Waals surface area contributed by atoms with Gasteiger partial charge in [-0.25, -0.2) is 9.98 Å². The molecule has 1 aliphatic rings. The Labute approximate surface area is 363 Å². The third-order valence-electron chi connectivity index (χ3n) is 13.0. The molecule has 12 aromatic rings. The average molecular weight is 807 g/mol. The van der Waals surface area contributed by atoms with Gasteiger partial charge >= 0.3 is 0 Å². The fraction of sp³-hybridized carbons (Fsp3) is 0.0345. The molecule has 13 rings (SSSR count). The molecule has 0 spiro atoms. The second kappa shape index (κ2) is 13.9. The van der Waals surface area contributed by atoms with Crippen LogP contribution in [0.5, 0.6) is 0 Å². The van der Waals surface area contributed by atoms with Gasteiger partial charge in [-0.15, -0.1) is 0 Å². The second-order valence-corrected chi connectivity index (χ2v) is 16.6. The maximum Gasteiger partial charge on any atom is 0.159 e. The van der Waals surface area contributed by atoms with Crippen molar-refractivity contribution in [2.45, 2.75) is 6.17 Å². The first kappa shape index (κ1) is 35.5. The summed E-state index contributed by atoms with van der Waals surface area (Å²) in [6.45, 7) is 0. The van der Waals surface area contributed by atoms with Gasteiger partial charge in [0, 0.05) is 45.4 Å². The highest BCUT2D eigenvalue weighted by molar-refractivity contribution is 6.24. The van der Waals surface area contributed by atoms with E-state index in [1.165, 1.54) is 43.4 Å². The van der Waals surface area contributed by atoms with Gasteiger partial charge in [-0.05, 0) is 104 Å². The Hall–Kier alpha value is -8.28. The molecule has 0 fully saturated rings. The van der Waals surface area contributed by atoms with Gasteiger partial charge in [0.15, 0.2) is 5.84 Å². The minimum absolute atomic E-state index is 0.273. The molecule has 0 saturated carbocycles. The van der Waals surface area contributed by atoms with Crippen LogP contribution in [0.1, 0.15) is 22.9 Å². The zero-order valence-corrected chi connectivity index (χ0v) is 34.4. The number of amidine groups is 2. The molecule has 0 saturated heterocycles. The molecule has 0 radical (unpaired) electrons. The highest BCUT2D eigenvalue weighted by Crippen LogP contribution is 2.41. The topological polar surface area (TPSA) is 46.0 Å². The summed E-state index contributed by atoms with van der Waals surface area (Å²) in [6, 6.07) is 73.7. The standard InChI is InChI=1S/C58H38N4O/c1-61-57(38-17-6-3-7-18-38)59-56(60-58(61)47-23-13-12-21-44(47)36-14-4-2-5-15-36)42-26-30-52-49(34-42)55-46-28-27-43(32-41(46)25-31-53(55)63-52)62-50-29-24-37-16-10-11-22-45(37)54(50)48-33-39-19-8-9-20-40(39)35-51(48)62/h2-35,57H,1H3. The third kappa shape index (κ3) is 5.56. The minimum atomic E-state index is -0.273. The third-order valence-corrected chi connectivity index (χ3v) is 13.0. The summed E-state index contributed by atoms with van der Waals surface area (Å²) in [7, 11) is 2.09. The Kier molecular flexibility index (Phi) is 7.81. The summed E-state index contributed by atoms with van der Waals surface area (Å²) < 4.78 is 9.01. The number of aliphatic imine (C=N–C) groups is 2. The van der Waals surface area contributed by atoms with Crippen molar-refractivity contribution in [3.63, 3.8) is 0 Å². The van der Waals surface area contributed by atoms with E-state index in [4.69, 9.17) is 14.4 Å². The quantitative estimate of drug-likeness (QED) is 0.174. The van der Waals surface area contributed by atoms with Crippen molar-refractivity contribution >= 4 is 87.7 Å². The summed E-state index contributed by atoms with van der Waals surface area (Å²) in [5.41, 5.74) is 10.5. The summed E-state index contributed by atoms with van der Waals surface area (Å²) in [5, 5.41) is 11.9. The first-order valence-electron chi connectivity index (χ1n) is 21.5. The maximum absolute atomic E-state index is 6.58. The molecule has 0 amide bonds. The summed E-state index contributed by atoms with van der Waals surface area (Å²) in [5.74, 6) is 1.56. The molecule has 2 aromatic heterocycles. The van der Waals surface area contributed by atoms with Gasteiger partial charge in [0.25, 0.3) is 0 Å². The molecule has 1 aliphatic heterocycles. The van der Waals surface area contributed by atoms with Gasteiger partial charge in [-0.1, -0.05) is 152 Å². The van der Waals surface area contributed by atoms with E-state index in [1.54, 1.807) is 0 Å². The van der Waals surface area contributed by atoms with Crippen molar-refractivity contribution in [1.82, 2.24) is 9.47 Å². The van der Waals surface area contributed by atoms with Crippen LogP contribution < -0.4 is 0 Å². The molecule has 1 atom stereocenters. The molecule has 0 bridgehead atoms. The molecule has 1 unspecified atom stereocenters. The lowest BCUT2D eigenvalue weighted by atomic mass is 9.97. The van der Waals surface area contributed by atoms with E-state index in [0.717, 1.165) is 72.1 Å². The van der Waals surface area contributed by atoms with Crippen molar-refractivity contribution in [3.8, 4) is 16.8 Å².